The Morgan fingerprint density at radius 3 is 2.67 bits per heavy atom. The van der Waals surface area contributed by atoms with Gasteiger partial charge in [0.2, 0.25) is 10.0 Å². The lowest BCUT2D eigenvalue weighted by Gasteiger charge is -2.19. The van der Waals surface area contributed by atoms with E-state index in [9.17, 15) is 13.5 Å². The molecule has 1 fully saturated rings. The van der Waals surface area contributed by atoms with Crippen LogP contribution in [-0.2, 0) is 21.4 Å². The molecule has 1 aromatic rings. The second kappa shape index (κ2) is 6.50. The molecule has 21 heavy (non-hydrogen) atoms. The Labute approximate surface area is 129 Å². The molecule has 1 heterocycles. The van der Waals surface area contributed by atoms with E-state index in [1.165, 1.54) is 23.5 Å². The third kappa shape index (κ3) is 3.17. The first-order valence-electron chi connectivity index (χ1n) is 6.44. The Bertz CT molecular complexity index is 619. The lowest BCUT2D eigenvalue weighted by atomic mass is 10.2. The van der Waals surface area contributed by atoms with E-state index in [2.05, 4.69) is 0 Å². The van der Waals surface area contributed by atoms with E-state index < -0.39 is 10.0 Å². The van der Waals surface area contributed by atoms with Crippen LogP contribution in [0.4, 0.5) is 0 Å². The van der Waals surface area contributed by atoms with Crippen LogP contribution in [0.5, 0.6) is 5.75 Å². The van der Waals surface area contributed by atoms with Crippen molar-refractivity contribution in [2.24, 2.45) is 0 Å². The molecule has 1 atom stereocenters. The predicted molar refractivity (Wildman–Crippen MR) is 78.1 cm³/mol. The van der Waals surface area contributed by atoms with Gasteiger partial charge in [0.25, 0.3) is 0 Å². The van der Waals surface area contributed by atoms with Crippen molar-refractivity contribution in [3.63, 3.8) is 0 Å². The van der Waals surface area contributed by atoms with Gasteiger partial charge in [0.05, 0.1) is 19.8 Å². The maximum atomic E-state index is 12.7. The van der Waals surface area contributed by atoms with Crippen LogP contribution >= 0.6 is 11.6 Å². The predicted octanol–water partition coefficient (Wildman–Crippen LogP) is 1.25. The van der Waals surface area contributed by atoms with Crippen LogP contribution in [0.15, 0.2) is 17.0 Å². The zero-order chi connectivity index (χ0) is 15.6. The number of aliphatic hydroxyl groups excluding tert-OH is 1. The van der Waals surface area contributed by atoms with Gasteiger partial charge in [0.15, 0.2) is 0 Å². The monoisotopic (exact) mass is 335 g/mol. The Morgan fingerprint density at radius 2 is 2.14 bits per heavy atom. The summed E-state index contributed by atoms with van der Waals surface area (Å²) in [6, 6.07) is 2.83. The fourth-order valence-electron chi connectivity index (χ4n) is 2.41. The summed E-state index contributed by atoms with van der Waals surface area (Å²) in [6.07, 6.45) is 0.535. The molecule has 0 saturated carbocycles. The highest BCUT2D eigenvalue weighted by Gasteiger charge is 2.35. The van der Waals surface area contributed by atoms with Crippen molar-refractivity contribution in [3.05, 3.63) is 22.7 Å². The quantitative estimate of drug-likeness (QED) is 0.876. The van der Waals surface area contributed by atoms with Gasteiger partial charge in [0.1, 0.15) is 10.6 Å². The van der Waals surface area contributed by atoms with Crippen molar-refractivity contribution in [2.75, 3.05) is 27.3 Å². The molecule has 0 bridgehead atoms. The second-order valence-electron chi connectivity index (χ2n) is 4.76. The van der Waals surface area contributed by atoms with E-state index in [0.717, 1.165) is 0 Å². The molecule has 1 aromatic carbocycles. The lowest BCUT2D eigenvalue weighted by molar-refractivity contribution is 0.115. The van der Waals surface area contributed by atoms with Crippen molar-refractivity contribution < 1.29 is 23.0 Å². The number of benzene rings is 1. The van der Waals surface area contributed by atoms with Gasteiger partial charge in [-0.1, -0.05) is 11.6 Å². The molecule has 118 valence electrons. The Kier molecular flexibility index (Phi) is 5.11. The Hall–Kier alpha value is -0.860. The molecule has 1 unspecified atom stereocenters. The summed E-state index contributed by atoms with van der Waals surface area (Å²) < 4.78 is 37.2. The molecule has 1 saturated heterocycles. The molecule has 8 heteroatoms. The molecule has 1 aliphatic rings. The maximum absolute atomic E-state index is 12.7. The van der Waals surface area contributed by atoms with E-state index in [1.807, 2.05) is 0 Å². The van der Waals surface area contributed by atoms with Crippen molar-refractivity contribution in [3.8, 4) is 5.75 Å². The summed E-state index contributed by atoms with van der Waals surface area (Å²) in [5.41, 5.74) is 0.339. The third-order valence-corrected chi connectivity index (χ3v) is 5.62. The van der Waals surface area contributed by atoms with Crippen molar-refractivity contribution in [1.82, 2.24) is 4.31 Å². The van der Waals surface area contributed by atoms with Crippen molar-refractivity contribution >= 4 is 21.6 Å². The molecule has 6 nitrogen and oxygen atoms in total. The van der Waals surface area contributed by atoms with Gasteiger partial charge in [-0.05, 0) is 18.6 Å². The number of halogens is 1. The number of sulfonamides is 1. The number of methoxy groups -OCH3 is 2. The summed E-state index contributed by atoms with van der Waals surface area (Å²) in [5.74, 6) is 0.128. The van der Waals surface area contributed by atoms with E-state index in [0.29, 0.717) is 25.1 Å². The largest absolute Gasteiger partial charge is 0.495 e. The molecule has 2 rings (SSSR count). The van der Waals surface area contributed by atoms with Crippen LogP contribution in [0.1, 0.15) is 12.0 Å². The van der Waals surface area contributed by atoms with Crippen LogP contribution in [0.3, 0.4) is 0 Å². The highest BCUT2D eigenvalue weighted by atomic mass is 35.5. The van der Waals surface area contributed by atoms with Gasteiger partial charge in [-0.15, -0.1) is 0 Å². The minimum Gasteiger partial charge on any atom is -0.495 e. The third-order valence-electron chi connectivity index (χ3n) is 3.53. The first-order chi connectivity index (χ1) is 9.93. The van der Waals surface area contributed by atoms with Gasteiger partial charge >= 0.3 is 0 Å². The van der Waals surface area contributed by atoms with Crippen LogP contribution in [0.25, 0.3) is 0 Å². The van der Waals surface area contributed by atoms with E-state index in [1.54, 1.807) is 7.11 Å². The summed E-state index contributed by atoms with van der Waals surface area (Å²) in [5, 5.41) is 9.58. The molecular weight excluding hydrogens is 318 g/mol. The molecule has 0 radical (unpaired) electrons. The standard InChI is InChI=1S/C13H18ClNO5S/c1-19-11-3-4-15(7-11)21(17,18)12-6-10(14)5-9(8-16)13(12)20-2/h5-6,11,16H,3-4,7-8H2,1-2H3. The minimum atomic E-state index is -3.75. The first-order valence-corrected chi connectivity index (χ1v) is 8.26. The lowest BCUT2D eigenvalue weighted by Crippen LogP contribution is -2.30. The van der Waals surface area contributed by atoms with Gasteiger partial charge in [-0.3, -0.25) is 0 Å². The number of hydrogen-bond acceptors (Lipinski definition) is 5. The van der Waals surface area contributed by atoms with Gasteiger partial charge in [-0.25, -0.2) is 8.42 Å². The molecule has 0 amide bonds. The highest BCUT2D eigenvalue weighted by molar-refractivity contribution is 7.89. The smallest absolute Gasteiger partial charge is 0.246 e. The summed E-state index contributed by atoms with van der Waals surface area (Å²) >= 11 is 5.95. The van der Waals surface area contributed by atoms with Crippen LogP contribution in [0.2, 0.25) is 5.02 Å². The summed E-state index contributed by atoms with van der Waals surface area (Å²) in [4.78, 5) is -0.0293. The molecule has 0 aliphatic carbocycles. The minimum absolute atomic E-state index is 0.0293. The molecule has 1 aliphatic heterocycles. The number of ether oxygens (including phenoxy) is 2. The summed E-state index contributed by atoms with van der Waals surface area (Å²) in [7, 11) is -0.822. The van der Waals surface area contributed by atoms with Gasteiger partial charge in [-0.2, -0.15) is 4.31 Å². The van der Waals surface area contributed by atoms with Crippen LogP contribution in [0, 0.1) is 0 Å². The van der Waals surface area contributed by atoms with E-state index >= 15 is 0 Å². The van der Waals surface area contributed by atoms with Gasteiger partial charge in [0, 0.05) is 30.8 Å². The normalized spacial score (nSPS) is 19.9. The van der Waals surface area contributed by atoms with Crippen molar-refractivity contribution in [2.45, 2.75) is 24.0 Å². The average Bonchev–Trinajstić information content (AvgIpc) is 2.95. The fourth-order valence-corrected chi connectivity index (χ4v) is 4.43. The molecule has 1 N–H and O–H groups in total. The zero-order valence-electron chi connectivity index (χ0n) is 11.9. The first kappa shape index (κ1) is 16.5. The fraction of sp³-hybridized carbons (Fsp3) is 0.538. The Balaban J connectivity index is 2.47. The molecule has 0 spiro atoms. The van der Waals surface area contributed by atoms with E-state index in [-0.39, 0.29) is 28.4 Å². The van der Waals surface area contributed by atoms with Crippen LogP contribution < -0.4 is 4.74 Å². The number of aliphatic hydroxyl groups is 1. The zero-order valence-corrected chi connectivity index (χ0v) is 13.4. The van der Waals surface area contributed by atoms with Gasteiger partial charge < -0.3 is 14.6 Å². The highest BCUT2D eigenvalue weighted by Crippen LogP contribution is 2.35. The maximum Gasteiger partial charge on any atom is 0.246 e. The SMILES string of the molecule is COc1c(CO)cc(Cl)cc1S(=O)(=O)N1CCC(OC)C1. The number of nitrogens with zero attached hydrogens (tertiary/aromatic N) is 1. The van der Waals surface area contributed by atoms with Crippen molar-refractivity contribution in [1.29, 1.82) is 0 Å². The number of hydrogen-bond donors (Lipinski definition) is 1. The number of rotatable bonds is 5. The topological polar surface area (TPSA) is 76.1 Å². The second-order valence-corrected chi connectivity index (χ2v) is 7.11. The van der Waals surface area contributed by atoms with Crippen LogP contribution in [-0.4, -0.2) is 51.2 Å². The average molecular weight is 336 g/mol. The Morgan fingerprint density at radius 1 is 1.43 bits per heavy atom. The summed E-state index contributed by atoms with van der Waals surface area (Å²) in [6.45, 7) is 0.320. The molecule has 0 aromatic heterocycles. The van der Waals surface area contributed by atoms with E-state index in [4.69, 9.17) is 21.1 Å². The molecular formula is C13H18ClNO5S.